The van der Waals surface area contributed by atoms with Crippen LogP contribution in [0.5, 0.6) is 0 Å². The molecule has 5 rings (SSSR count). The number of hydrogen-bond donors (Lipinski definition) is 1. The minimum Gasteiger partial charge on any atom is -0.382 e. The predicted molar refractivity (Wildman–Crippen MR) is 140 cm³/mol. The summed E-state index contributed by atoms with van der Waals surface area (Å²) in [6.07, 6.45) is 12.5. The van der Waals surface area contributed by atoms with Crippen LogP contribution in [0.25, 0.3) is 34.0 Å². The molecule has 1 aliphatic rings. The number of aryl methyl sites for hydroxylation is 1. The molecule has 0 unspecified atom stereocenters. The van der Waals surface area contributed by atoms with Crippen molar-refractivity contribution >= 4 is 5.82 Å². The molecule has 36 heavy (non-hydrogen) atoms. The van der Waals surface area contributed by atoms with Crippen LogP contribution in [0.2, 0.25) is 0 Å². The van der Waals surface area contributed by atoms with Crippen LogP contribution >= 0.6 is 0 Å². The van der Waals surface area contributed by atoms with Crippen molar-refractivity contribution < 1.29 is 9.26 Å². The molecule has 1 saturated heterocycles. The third-order valence-electron chi connectivity index (χ3n) is 6.64. The van der Waals surface area contributed by atoms with E-state index in [9.17, 15) is 0 Å². The summed E-state index contributed by atoms with van der Waals surface area (Å²) in [5.74, 6) is 4.25. The molecule has 2 N–H and O–H groups in total. The molecule has 0 aliphatic carbocycles. The topological polar surface area (TPSA) is 100.0 Å². The number of nitrogen functional groups attached to an aromatic ring is 1. The third kappa shape index (κ3) is 5.00. The number of ether oxygens (including phenoxy) is 1. The lowest BCUT2D eigenvalue weighted by atomic mass is 9.89. The van der Waals surface area contributed by atoms with Crippen LogP contribution in [0.1, 0.15) is 37.9 Å². The van der Waals surface area contributed by atoms with Crippen LogP contribution in [-0.4, -0.2) is 33.3 Å². The fourth-order valence-electron chi connectivity index (χ4n) is 4.14. The molecule has 1 aromatic carbocycles. The highest BCUT2D eigenvalue weighted by molar-refractivity contribution is 5.73. The number of nitrogens with zero attached hydrogens (tertiary/aromatic N) is 4. The van der Waals surface area contributed by atoms with E-state index in [0.717, 1.165) is 48.1 Å². The van der Waals surface area contributed by atoms with Crippen LogP contribution in [0.15, 0.2) is 59.4 Å². The van der Waals surface area contributed by atoms with Gasteiger partial charge in [-0.25, -0.2) is 9.97 Å². The smallest absolute Gasteiger partial charge is 0.189 e. The maximum absolute atomic E-state index is 6.16. The average Bonchev–Trinajstić information content (AvgIpc) is 3.36. The van der Waals surface area contributed by atoms with Gasteiger partial charge in [-0.2, -0.15) is 0 Å². The summed E-state index contributed by atoms with van der Waals surface area (Å²) in [7, 11) is 0. The van der Waals surface area contributed by atoms with E-state index in [2.05, 4.69) is 45.3 Å². The number of rotatable bonds is 8. The van der Waals surface area contributed by atoms with Crippen molar-refractivity contribution in [2.24, 2.45) is 5.92 Å². The first-order valence-electron chi connectivity index (χ1n) is 12.1. The lowest BCUT2D eigenvalue weighted by Gasteiger charge is -2.25. The molecule has 1 aliphatic heterocycles. The molecular formula is C29H29N5O2. The Balaban J connectivity index is 1.34. The van der Waals surface area contributed by atoms with Gasteiger partial charge in [-0.15, -0.1) is 6.42 Å². The molecule has 4 aromatic rings. The lowest BCUT2D eigenvalue weighted by molar-refractivity contribution is -0.0361. The Labute approximate surface area is 211 Å². The van der Waals surface area contributed by atoms with E-state index in [1.54, 1.807) is 12.4 Å². The van der Waals surface area contributed by atoms with Gasteiger partial charge in [-0.1, -0.05) is 35.3 Å². The van der Waals surface area contributed by atoms with E-state index in [1.807, 2.05) is 32.0 Å². The van der Waals surface area contributed by atoms with Gasteiger partial charge in [0, 0.05) is 29.3 Å². The van der Waals surface area contributed by atoms with E-state index in [1.165, 1.54) is 18.4 Å². The Hall–Kier alpha value is -4.02. The van der Waals surface area contributed by atoms with Gasteiger partial charge in [0.05, 0.1) is 36.2 Å². The molecule has 0 amide bonds. The Morgan fingerprint density at radius 3 is 2.58 bits per heavy atom. The molecule has 3 aromatic heterocycles. The third-order valence-corrected chi connectivity index (χ3v) is 6.64. The van der Waals surface area contributed by atoms with Gasteiger partial charge < -0.3 is 15.0 Å². The van der Waals surface area contributed by atoms with E-state index >= 15 is 0 Å². The van der Waals surface area contributed by atoms with Crippen LogP contribution in [0.4, 0.5) is 5.82 Å². The summed E-state index contributed by atoms with van der Waals surface area (Å²) < 4.78 is 10.9. The van der Waals surface area contributed by atoms with Crippen LogP contribution in [0, 0.1) is 18.3 Å². The monoisotopic (exact) mass is 479 g/mol. The van der Waals surface area contributed by atoms with Gasteiger partial charge in [-0.3, -0.25) is 4.98 Å². The number of nitrogens with two attached hydrogens (primary N) is 1. The Morgan fingerprint density at radius 1 is 1.06 bits per heavy atom. The number of terminal acetylenes is 1. The molecule has 0 radical (unpaired) electrons. The number of hydrogen-bond acceptors (Lipinski definition) is 7. The van der Waals surface area contributed by atoms with Gasteiger partial charge in [0.2, 0.25) is 0 Å². The zero-order valence-corrected chi connectivity index (χ0v) is 20.6. The summed E-state index contributed by atoms with van der Waals surface area (Å²) >= 11 is 0. The van der Waals surface area contributed by atoms with Crippen LogP contribution < -0.4 is 5.73 Å². The van der Waals surface area contributed by atoms with Gasteiger partial charge in [0.25, 0.3) is 0 Å². The Morgan fingerprint density at radius 2 is 1.86 bits per heavy atom. The number of anilines is 1. The largest absolute Gasteiger partial charge is 0.382 e. The minimum absolute atomic E-state index is 0.270. The van der Waals surface area contributed by atoms with Crippen molar-refractivity contribution in [3.8, 4) is 46.3 Å². The van der Waals surface area contributed by atoms with E-state index in [-0.39, 0.29) is 5.82 Å². The maximum Gasteiger partial charge on any atom is 0.189 e. The quantitative estimate of drug-likeness (QED) is 0.341. The summed E-state index contributed by atoms with van der Waals surface area (Å²) in [5.41, 5.74) is 11.4. The highest BCUT2D eigenvalue weighted by Crippen LogP contribution is 2.31. The number of aromatic nitrogens is 4. The summed E-state index contributed by atoms with van der Waals surface area (Å²) in [6, 6.07) is 14.1. The zero-order valence-electron chi connectivity index (χ0n) is 20.6. The van der Waals surface area contributed by atoms with Gasteiger partial charge >= 0.3 is 0 Å². The van der Waals surface area contributed by atoms with Crippen LogP contribution in [0.3, 0.4) is 0 Å². The molecule has 182 valence electrons. The normalized spacial score (nSPS) is 13.8. The van der Waals surface area contributed by atoms with Crippen molar-refractivity contribution in [2.45, 2.75) is 38.5 Å². The molecular weight excluding hydrogens is 450 g/mol. The van der Waals surface area contributed by atoms with Crippen molar-refractivity contribution in [3.05, 3.63) is 66.1 Å². The Kier molecular flexibility index (Phi) is 6.53. The Bertz CT molecular complexity index is 1400. The summed E-state index contributed by atoms with van der Waals surface area (Å²) in [6.45, 7) is 5.73. The fourth-order valence-corrected chi connectivity index (χ4v) is 4.14. The molecule has 0 bridgehead atoms. The molecule has 4 heterocycles. The second-order valence-corrected chi connectivity index (χ2v) is 9.76. The van der Waals surface area contributed by atoms with Gasteiger partial charge in [0.15, 0.2) is 17.3 Å². The summed E-state index contributed by atoms with van der Waals surface area (Å²) in [5, 5.41) is 4.25. The molecule has 7 nitrogen and oxygen atoms in total. The first kappa shape index (κ1) is 23.7. The maximum atomic E-state index is 6.16. The van der Waals surface area contributed by atoms with E-state index in [0.29, 0.717) is 17.1 Å². The number of pyridine rings is 1. The second kappa shape index (κ2) is 9.92. The van der Waals surface area contributed by atoms with Crippen molar-refractivity contribution in [3.63, 3.8) is 0 Å². The van der Waals surface area contributed by atoms with Gasteiger partial charge in [0.1, 0.15) is 5.69 Å². The standard InChI is InChI=1S/C29H29N5O2/c1-4-29(2,3)26-14-22(12-13-31-26)24-16-32-28(30)27(33-24)25-15-23(34-36-25)21-10-8-19(9-11-21)6-5-7-20-17-35-18-20/h1,8-16,20H,5-7,17-18H2,2-3H3,(H2,30,32). The highest BCUT2D eigenvalue weighted by Gasteiger charge is 2.21. The molecule has 0 atom stereocenters. The first-order chi connectivity index (χ1) is 17.4. The zero-order chi connectivity index (χ0) is 25.1. The lowest BCUT2D eigenvalue weighted by Crippen LogP contribution is -2.27. The first-order valence-corrected chi connectivity index (χ1v) is 12.1. The van der Waals surface area contributed by atoms with Crippen molar-refractivity contribution in [1.29, 1.82) is 0 Å². The van der Waals surface area contributed by atoms with E-state index < -0.39 is 5.41 Å². The predicted octanol–water partition coefficient (Wildman–Crippen LogP) is 5.32. The highest BCUT2D eigenvalue weighted by atomic mass is 16.5. The second-order valence-electron chi connectivity index (χ2n) is 9.76. The fraction of sp³-hybridized carbons (Fsp3) is 0.310. The molecule has 0 saturated carbocycles. The van der Waals surface area contributed by atoms with Crippen LogP contribution in [-0.2, 0) is 16.6 Å². The van der Waals surface area contributed by atoms with Gasteiger partial charge in [-0.05, 0) is 50.8 Å². The summed E-state index contributed by atoms with van der Waals surface area (Å²) in [4.78, 5) is 13.5. The van der Waals surface area contributed by atoms with Crippen molar-refractivity contribution in [1.82, 2.24) is 20.1 Å². The minimum atomic E-state index is -0.499. The molecule has 7 heteroatoms. The SMILES string of the molecule is C#CC(C)(C)c1cc(-c2cnc(N)c(-c3cc(-c4ccc(CCCC5COC5)cc4)no3)n2)ccn1. The average molecular weight is 480 g/mol. The van der Waals surface area contributed by atoms with Crippen molar-refractivity contribution in [2.75, 3.05) is 18.9 Å². The molecule has 0 spiro atoms. The molecule has 1 fully saturated rings. The number of benzene rings is 1. The van der Waals surface area contributed by atoms with E-state index in [4.69, 9.17) is 26.4 Å².